The molecular weight excluding hydrogens is 302 g/mol. The number of ether oxygens (including phenoxy) is 2. The molecule has 0 unspecified atom stereocenters. The molecule has 1 amide bonds. The highest BCUT2D eigenvalue weighted by atomic mass is 16.7. The second-order valence-electron chi connectivity index (χ2n) is 4.84. The highest BCUT2D eigenvalue weighted by Gasteiger charge is 2.43. The van der Waals surface area contributed by atoms with Crippen LogP contribution in [0.25, 0.3) is 0 Å². The lowest BCUT2D eigenvalue weighted by Gasteiger charge is -2.39. The van der Waals surface area contributed by atoms with E-state index in [4.69, 9.17) is 19.7 Å². The molecule has 10 nitrogen and oxygen atoms in total. The Kier molecular flexibility index (Phi) is 7.65. The summed E-state index contributed by atoms with van der Waals surface area (Å²) in [5, 5.41) is 48.4. The van der Waals surface area contributed by atoms with E-state index in [1.165, 1.54) is 0 Å². The highest BCUT2D eigenvalue weighted by molar-refractivity contribution is 5.80. The van der Waals surface area contributed by atoms with Crippen molar-refractivity contribution < 1.29 is 44.6 Å². The van der Waals surface area contributed by atoms with Crippen LogP contribution in [0.1, 0.15) is 12.8 Å². The minimum Gasteiger partial charge on any atom is -0.480 e. The van der Waals surface area contributed by atoms with Crippen LogP contribution >= 0.6 is 0 Å². The number of carboxylic acids is 1. The SMILES string of the molecule is O=C(O)CNC(=O)CCCO[C@@H]1O[C@H](CO)[C@H](O)[C@H](O)[C@H]1O. The molecule has 22 heavy (non-hydrogen) atoms. The molecule has 5 atom stereocenters. The number of carbonyl (C=O) groups excluding carboxylic acids is 1. The molecule has 128 valence electrons. The van der Waals surface area contributed by atoms with Crippen molar-refractivity contribution in [2.45, 2.75) is 43.5 Å². The largest absolute Gasteiger partial charge is 0.480 e. The van der Waals surface area contributed by atoms with Gasteiger partial charge in [0.2, 0.25) is 5.91 Å². The van der Waals surface area contributed by atoms with E-state index in [0.717, 1.165) is 0 Å². The first-order chi connectivity index (χ1) is 10.4. The molecule has 6 N–H and O–H groups in total. The fraction of sp³-hybridized carbons (Fsp3) is 0.833. The Balaban J connectivity index is 2.29. The van der Waals surface area contributed by atoms with Gasteiger partial charge in [-0.1, -0.05) is 0 Å². The molecule has 0 aromatic heterocycles. The summed E-state index contributed by atoms with van der Waals surface area (Å²) in [6, 6.07) is 0. The van der Waals surface area contributed by atoms with Crippen LogP contribution in [0.5, 0.6) is 0 Å². The van der Waals surface area contributed by atoms with Gasteiger partial charge in [0, 0.05) is 6.42 Å². The Bertz CT molecular complexity index is 376. The second kappa shape index (κ2) is 8.98. The summed E-state index contributed by atoms with van der Waals surface area (Å²) in [4.78, 5) is 21.5. The van der Waals surface area contributed by atoms with Gasteiger partial charge in [0.15, 0.2) is 6.29 Å². The van der Waals surface area contributed by atoms with Crippen LogP contribution in [0, 0.1) is 0 Å². The molecule has 0 aromatic rings. The van der Waals surface area contributed by atoms with Gasteiger partial charge in [-0.05, 0) is 6.42 Å². The molecule has 0 radical (unpaired) electrons. The van der Waals surface area contributed by atoms with Crippen LogP contribution in [-0.4, -0.2) is 87.9 Å². The fourth-order valence-electron chi connectivity index (χ4n) is 1.90. The maximum absolute atomic E-state index is 11.2. The molecule has 0 saturated carbocycles. The topological polar surface area (TPSA) is 166 Å². The van der Waals surface area contributed by atoms with Gasteiger partial charge in [-0.15, -0.1) is 0 Å². The normalized spacial score (nSPS) is 31.7. The number of amides is 1. The fourth-order valence-corrected chi connectivity index (χ4v) is 1.90. The van der Waals surface area contributed by atoms with Crippen molar-refractivity contribution in [3.8, 4) is 0 Å². The molecule has 0 aliphatic carbocycles. The third-order valence-electron chi connectivity index (χ3n) is 3.12. The maximum atomic E-state index is 11.2. The number of aliphatic hydroxyl groups is 4. The van der Waals surface area contributed by atoms with Crippen LogP contribution in [0.15, 0.2) is 0 Å². The zero-order chi connectivity index (χ0) is 16.7. The van der Waals surface area contributed by atoms with Gasteiger partial charge in [0.05, 0.1) is 13.2 Å². The van der Waals surface area contributed by atoms with E-state index in [-0.39, 0.29) is 19.4 Å². The van der Waals surface area contributed by atoms with Crippen molar-refractivity contribution in [1.29, 1.82) is 0 Å². The molecule has 1 aliphatic rings. The molecule has 1 aliphatic heterocycles. The van der Waals surface area contributed by atoms with Gasteiger partial charge >= 0.3 is 5.97 Å². The van der Waals surface area contributed by atoms with E-state index in [2.05, 4.69) is 5.32 Å². The predicted molar refractivity (Wildman–Crippen MR) is 69.6 cm³/mol. The standard InChI is InChI=1S/C12H21NO9/c14-5-6-9(18)10(19)11(20)12(22-6)21-3-1-2-7(15)13-4-8(16)17/h6,9-12,14,18-20H,1-5H2,(H,13,15)(H,16,17)/t6-,9+,10+,11-,12-/m1/s1. The van der Waals surface area contributed by atoms with Crippen molar-refractivity contribution in [2.75, 3.05) is 19.8 Å². The molecular formula is C12H21NO9. The van der Waals surface area contributed by atoms with Crippen molar-refractivity contribution in [1.82, 2.24) is 5.32 Å². The zero-order valence-corrected chi connectivity index (χ0v) is 11.8. The highest BCUT2D eigenvalue weighted by Crippen LogP contribution is 2.22. The second-order valence-corrected chi connectivity index (χ2v) is 4.84. The molecule has 1 fully saturated rings. The number of nitrogens with one attached hydrogen (secondary N) is 1. The van der Waals surface area contributed by atoms with Crippen molar-refractivity contribution in [3.63, 3.8) is 0 Å². The van der Waals surface area contributed by atoms with Crippen LogP contribution in [0.4, 0.5) is 0 Å². The van der Waals surface area contributed by atoms with Gasteiger partial charge in [-0.25, -0.2) is 0 Å². The molecule has 10 heteroatoms. The van der Waals surface area contributed by atoms with E-state index in [1.807, 2.05) is 0 Å². The van der Waals surface area contributed by atoms with E-state index < -0.39 is 55.7 Å². The average molecular weight is 323 g/mol. The van der Waals surface area contributed by atoms with Crippen molar-refractivity contribution in [2.24, 2.45) is 0 Å². The number of carboxylic acid groups (broad SMARTS) is 1. The number of rotatable bonds is 8. The Morgan fingerprint density at radius 2 is 1.82 bits per heavy atom. The van der Waals surface area contributed by atoms with Crippen molar-refractivity contribution in [3.05, 3.63) is 0 Å². The summed E-state index contributed by atoms with van der Waals surface area (Å²) in [6.07, 6.45) is -6.50. The lowest BCUT2D eigenvalue weighted by Crippen LogP contribution is -2.59. The molecule has 1 heterocycles. The van der Waals surface area contributed by atoms with Crippen molar-refractivity contribution >= 4 is 11.9 Å². The van der Waals surface area contributed by atoms with Crippen LogP contribution < -0.4 is 5.32 Å². The molecule has 0 spiro atoms. The Morgan fingerprint density at radius 1 is 1.14 bits per heavy atom. The number of hydrogen-bond acceptors (Lipinski definition) is 8. The Hall–Kier alpha value is -1.30. The monoisotopic (exact) mass is 323 g/mol. The van der Waals surface area contributed by atoms with Crippen LogP contribution in [0.3, 0.4) is 0 Å². The summed E-state index contributed by atoms with van der Waals surface area (Å²) < 4.78 is 10.3. The zero-order valence-electron chi connectivity index (χ0n) is 11.8. The number of aliphatic hydroxyl groups excluding tert-OH is 4. The summed E-state index contributed by atoms with van der Waals surface area (Å²) in [7, 11) is 0. The molecule has 0 aromatic carbocycles. The van der Waals surface area contributed by atoms with E-state index in [0.29, 0.717) is 0 Å². The lowest BCUT2D eigenvalue weighted by molar-refractivity contribution is -0.301. The lowest BCUT2D eigenvalue weighted by atomic mass is 9.99. The maximum Gasteiger partial charge on any atom is 0.322 e. The molecule has 1 rings (SSSR count). The van der Waals surface area contributed by atoms with Gasteiger partial charge < -0.3 is 40.3 Å². The predicted octanol–water partition coefficient (Wildman–Crippen LogP) is -3.22. The average Bonchev–Trinajstić information content (AvgIpc) is 2.49. The minimum atomic E-state index is -1.52. The Labute approximate surface area is 126 Å². The van der Waals surface area contributed by atoms with E-state index >= 15 is 0 Å². The van der Waals surface area contributed by atoms with Gasteiger partial charge in [0.1, 0.15) is 31.0 Å². The summed E-state index contributed by atoms with van der Waals surface area (Å²) in [5.74, 6) is -1.61. The van der Waals surface area contributed by atoms with Gasteiger partial charge in [0.25, 0.3) is 0 Å². The summed E-state index contributed by atoms with van der Waals surface area (Å²) in [6.45, 7) is -1.02. The van der Waals surface area contributed by atoms with Crippen LogP contribution in [-0.2, 0) is 19.1 Å². The first kappa shape index (κ1) is 18.7. The number of carbonyl (C=O) groups is 2. The minimum absolute atomic E-state index is 0.00316. The number of hydrogen-bond donors (Lipinski definition) is 6. The van der Waals surface area contributed by atoms with Gasteiger partial charge in [-0.3, -0.25) is 9.59 Å². The first-order valence-electron chi connectivity index (χ1n) is 6.77. The molecule has 1 saturated heterocycles. The van der Waals surface area contributed by atoms with E-state index in [1.54, 1.807) is 0 Å². The summed E-state index contributed by atoms with van der Waals surface area (Å²) >= 11 is 0. The Morgan fingerprint density at radius 3 is 2.41 bits per heavy atom. The third kappa shape index (κ3) is 5.48. The quantitative estimate of drug-likeness (QED) is 0.252. The third-order valence-corrected chi connectivity index (χ3v) is 3.12. The number of aliphatic carboxylic acids is 1. The van der Waals surface area contributed by atoms with Gasteiger partial charge in [-0.2, -0.15) is 0 Å². The smallest absolute Gasteiger partial charge is 0.322 e. The molecule has 0 bridgehead atoms. The van der Waals surface area contributed by atoms with Crippen LogP contribution in [0.2, 0.25) is 0 Å². The van der Waals surface area contributed by atoms with E-state index in [9.17, 15) is 24.9 Å². The first-order valence-corrected chi connectivity index (χ1v) is 6.77. The summed E-state index contributed by atoms with van der Waals surface area (Å²) in [5.41, 5.74) is 0.